The maximum absolute atomic E-state index is 12.4. The number of benzene rings is 1. The smallest absolute Gasteiger partial charge is 0.420 e. The van der Waals surface area contributed by atoms with Crippen LogP contribution in [-0.4, -0.2) is 17.9 Å². The number of rotatable bonds is 1. The highest BCUT2D eigenvalue weighted by Crippen LogP contribution is 2.59. The van der Waals surface area contributed by atoms with E-state index < -0.39 is 12.1 Å². The van der Waals surface area contributed by atoms with Gasteiger partial charge in [0.25, 0.3) is 0 Å². The summed E-state index contributed by atoms with van der Waals surface area (Å²) < 4.78 is 41.6. The van der Waals surface area contributed by atoms with Gasteiger partial charge in [0.1, 0.15) is 11.5 Å². The van der Waals surface area contributed by atoms with Crippen molar-refractivity contribution in [3.63, 3.8) is 0 Å². The Kier molecular flexibility index (Phi) is 3.93. The summed E-state index contributed by atoms with van der Waals surface area (Å²) >= 11 is 0. The van der Waals surface area contributed by atoms with E-state index in [1.807, 2.05) is 6.07 Å². The van der Waals surface area contributed by atoms with Crippen LogP contribution in [0.5, 0.6) is 5.75 Å². The molecular weight excluding hydrogens is 345 g/mol. The molecule has 6 heteroatoms. The zero-order valence-electron chi connectivity index (χ0n) is 14.6. The molecule has 1 aromatic carbocycles. The number of ether oxygens (including phenoxy) is 1. The van der Waals surface area contributed by atoms with E-state index in [2.05, 4.69) is 11.7 Å². The Morgan fingerprint density at radius 1 is 1.19 bits per heavy atom. The number of carbonyl (C=O) groups excluding carboxylic acids is 2. The van der Waals surface area contributed by atoms with Gasteiger partial charge >= 0.3 is 12.1 Å². The van der Waals surface area contributed by atoms with Crippen LogP contribution in [0.3, 0.4) is 0 Å². The lowest BCUT2D eigenvalue weighted by Crippen LogP contribution is -2.42. The van der Waals surface area contributed by atoms with Gasteiger partial charge in [0.05, 0.1) is 0 Å². The van der Waals surface area contributed by atoms with E-state index in [4.69, 9.17) is 0 Å². The van der Waals surface area contributed by atoms with Crippen molar-refractivity contribution in [3.05, 3.63) is 29.3 Å². The van der Waals surface area contributed by atoms with E-state index in [1.54, 1.807) is 6.07 Å². The van der Waals surface area contributed by atoms with Crippen molar-refractivity contribution in [2.24, 2.45) is 17.3 Å². The molecule has 0 aliphatic heterocycles. The molecule has 4 atom stereocenters. The summed E-state index contributed by atoms with van der Waals surface area (Å²) in [6, 6.07) is 4.84. The molecule has 0 N–H and O–H groups in total. The highest BCUT2D eigenvalue weighted by molar-refractivity contribution is 5.87. The quantitative estimate of drug-likeness (QED) is 0.540. The van der Waals surface area contributed by atoms with Crippen LogP contribution >= 0.6 is 0 Å². The second-order valence-corrected chi connectivity index (χ2v) is 8.08. The number of halogens is 3. The van der Waals surface area contributed by atoms with Gasteiger partial charge in [-0.25, -0.2) is 4.79 Å². The third-order valence-electron chi connectivity index (χ3n) is 6.85. The molecule has 3 nitrogen and oxygen atoms in total. The first kappa shape index (κ1) is 17.6. The average molecular weight is 366 g/mol. The third kappa shape index (κ3) is 2.65. The van der Waals surface area contributed by atoms with E-state index in [0.29, 0.717) is 30.0 Å². The SMILES string of the molecule is CC12CCC3c4ccc(OC(=O)C(F)(F)F)cc4CCC3C1CCC2=O. The predicted molar refractivity (Wildman–Crippen MR) is 87.8 cm³/mol. The van der Waals surface area contributed by atoms with Crippen LogP contribution < -0.4 is 4.74 Å². The summed E-state index contributed by atoms with van der Waals surface area (Å²) in [5, 5.41) is 0. The summed E-state index contributed by atoms with van der Waals surface area (Å²) in [6.45, 7) is 2.11. The first-order chi connectivity index (χ1) is 12.2. The van der Waals surface area contributed by atoms with Gasteiger partial charge in [0, 0.05) is 11.8 Å². The van der Waals surface area contributed by atoms with E-state index in [0.717, 1.165) is 43.2 Å². The molecule has 26 heavy (non-hydrogen) atoms. The van der Waals surface area contributed by atoms with E-state index in [1.165, 1.54) is 6.07 Å². The summed E-state index contributed by atoms with van der Waals surface area (Å²) in [6.07, 6.45) is 0.108. The maximum atomic E-state index is 12.4. The van der Waals surface area contributed by atoms with Crippen LogP contribution in [0.2, 0.25) is 0 Å². The van der Waals surface area contributed by atoms with Crippen LogP contribution in [-0.2, 0) is 16.0 Å². The predicted octanol–water partition coefficient (Wildman–Crippen LogP) is 4.58. The fourth-order valence-corrected chi connectivity index (χ4v) is 5.56. The lowest BCUT2D eigenvalue weighted by Gasteiger charge is -2.48. The first-order valence-corrected chi connectivity index (χ1v) is 9.15. The Balaban J connectivity index is 1.58. The van der Waals surface area contributed by atoms with Crippen molar-refractivity contribution in [1.82, 2.24) is 0 Å². The van der Waals surface area contributed by atoms with Crippen molar-refractivity contribution in [1.29, 1.82) is 0 Å². The minimum atomic E-state index is -5.00. The number of Topliss-reactive ketones (excluding diaryl/α,β-unsaturated/α-hetero) is 1. The van der Waals surface area contributed by atoms with E-state index in [9.17, 15) is 22.8 Å². The summed E-state index contributed by atoms with van der Waals surface area (Å²) in [5.74, 6) is -0.651. The molecule has 0 bridgehead atoms. The molecule has 2 fully saturated rings. The topological polar surface area (TPSA) is 43.4 Å². The number of ketones is 1. The molecule has 0 saturated heterocycles. The Morgan fingerprint density at radius 3 is 2.69 bits per heavy atom. The molecule has 3 aliphatic rings. The van der Waals surface area contributed by atoms with Crippen molar-refractivity contribution in [3.8, 4) is 5.75 Å². The molecule has 0 radical (unpaired) electrons. The van der Waals surface area contributed by atoms with Gasteiger partial charge < -0.3 is 4.74 Å². The fourth-order valence-electron chi connectivity index (χ4n) is 5.56. The molecule has 0 aromatic heterocycles. The summed E-state index contributed by atoms with van der Waals surface area (Å²) in [7, 11) is 0. The van der Waals surface area contributed by atoms with E-state index in [-0.39, 0.29) is 11.2 Å². The number of esters is 1. The van der Waals surface area contributed by atoms with Gasteiger partial charge in [-0.05, 0) is 73.1 Å². The number of fused-ring (bicyclic) bond motifs is 5. The molecule has 4 rings (SSSR count). The van der Waals surface area contributed by atoms with Crippen LogP contribution in [0.25, 0.3) is 0 Å². The van der Waals surface area contributed by atoms with Gasteiger partial charge in [-0.15, -0.1) is 0 Å². The van der Waals surface area contributed by atoms with Gasteiger partial charge in [0.15, 0.2) is 0 Å². The minimum absolute atomic E-state index is 0.0544. The third-order valence-corrected chi connectivity index (χ3v) is 6.85. The Morgan fingerprint density at radius 2 is 1.96 bits per heavy atom. The number of hydrogen-bond acceptors (Lipinski definition) is 3. The van der Waals surface area contributed by atoms with Crippen molar-refractivity contribution in [2.45, 2.75) is 57.5 Å². The summed E-state index contributed by atoms with van der Waals surface area (Å²) in [5.41, 5.74) is 1.92. The van der Waals surface area contributed by atoms with Crippen molar-refractivity contribution >= 4 is 11.8 Å². The van der Waals surface area contributed by atoms with Gasteiger partial charge in [-0.2, -0.15) is 13.2 Å². The Bertz CT molecular complexity index is 770. The maximum Gasteiger partial charge on any atom is 0.491 e. The molecular formula is C20H21F3O3. The molecule has 2 saturated carbocycles. The minimum Gasteiger partial charge on any atom is -0.420 e. The number of carbonyl (C=O) groups is 2. The lowest BCUT2D eigenvalue weighted by molar-refractivity contribution is -0.189. The van der Waals surface area contributed by atoms with Crippen LogP contribution in [0.15, 0.2) is 18.2 Å². The Hall–Kier alpha value is -1.85. The summed E-state index contributed by atoms with van der Waals surface area (Å²) in [4.78, 5) is 23.4. The van der Waals surface area contributed by atoms with Gasteiger partial charge in [-0.1, -0.05) is 13.0 Å². The number of alkyl halides is 3. The molecule has 1 aromatic rings. The number of aryl methyl sites for hydroxylation is 1. The van der Waals surface area contributed by atoms with Gasteiger partial charge in [0.2, 0.25) is 0 Å². The zero-order valence-corrected chi connectivity index (χ0v) is 14.6. The molecule has 3 aliphatic carbocycles. The van der Waals surface area contributed by atoms with Crippen LogP contribution in [0.1, 0.15) is 56.1 Å². The second kappa shape index (κ2) is 5.83. The highest BCUT2D eigenvalue weighted by Gasteiger charge is 2.54. The Labute approximate surface area is 149 Å². The molecule has 140 valence electrons. The molecule has 0 spiro atoms. The monoisotopic (exact) mass is 366 g/mol. The zero-order chi connectivity index (χ0) is 18.7. The van der Waals surface area contributed by atoms with Crippen molar-refractivity contribution < 1.29 is 27.5 Å². The van der Waals surface area contributed by atoms with Gasteiger partial charge in [-0.3, -0.25) is 4.79 Å². The molecule has 0 heterocycles. The molecule has 4 unspecified atom stereocenters. The lowest BCUT2D eigenvalue weighted by atomic mass is 9.55. The number of hydrogen-bond donors (Lipinski definition) is 0. The fraction of sp³-hybridized carbons (Fsp3) is 0.600. The average Bonchev–Trinajstić information content (AvgIpc) is 2.89. The first-order valence-electron chi connectivity index (χ1n) is 9.15. The van der Waals surface area contributed by atoms with Crippen molar-refractivity contribution in [2.75, 3.05) is 0 Å². The normalized spacial score (nSPS) is 33.2. The largest absolute Gasteiger partial charge is 0.491 e. The van der Waals surface area contributed by atoms with Crippen LogP contribution in [0.4, 0.5) is 13.2 Å². The highest BCUT2D eigenvalue weighted by atomic mass is 19.4. The van der Waals surface area contributed by atoms with Crippen LogP contribution in [0, 0.1) is 17.3 Å². The molecule has 0 amide bonds. The van der Waals surface area contributed by atoms with E-state index >= 15 is 0 Å². The second-order valence-electron chi connectivity index (χ2n) is 8.08. The standard InChI is InChI=1S/C20H21F3O3/c1-19-9-8-14-13-5-3-12(26-18(25)20(21,22)23)10-11(13)2-4-15(14)16(19)6-7-17(19)24/h3,5,10,14-16H,2,4,6-9H2,1H3.